The van der Waals surface area contributed by atoms with E-state index < -0.39 is 18.5 Å². The summed E-state index contributed by atoms with van der Waals surface area (Å²) in [4.78, 5) is 26.5. The SMILES string of the molecule is O=C([O-])COc1ccc(/C=C2\N=C(c3ccc(Br)cc3)OC2=O)cc1. The van der Waals surface area contributed by atoms with Gasteiger partial charge in [-0.1, -0.05) is 28.1 Å². The molecule has 0 N–H and O–H groups in total. The summed E-state index contributed by atoms with van der Waals surface area (Å²) in [5.74, 6) is -1.19. The molecule has 0 saturated heterocycles. The summed E-state index contributed by atoms with van der Waals surface area (Å²) in [6.07, 6.45) is 1.58. The van der Waals surface area contributed by atoms with Crippen LogP contribution in [0.1, 0.15) is 11.1 Å². The highest BCUT2D eigenvalue weighted by Gasteiger charge is 2.23. The second-order valence-electron chi connectivity index (χ2n) is 5.07. The van der Waals surface area contributed by atoms with Crippen molar-refractivity contribution < 1.29 is 24.2 Å². The van der Waals surface area contributed by atoms with Crippen LogP contribution in [0.3, 0.4) is 0 Å². The van der Waals surface area contributed by atoms with Gasteiger partial charge >= 0.3 is 5.97 Å². The number of carbonyl (C=O) groups is 2. The molecule has 6 nitrogen and oxygen atoms in total. The van der Waals surface area contributed by atoms with Crippen molar-refractivity contribution in [1.29, 1.82) is 0 Å². The van der Waals surface area contributed by atoms with Gasteiger partial charge in [0, 0.05) is 10.0 Å². The number of esters is 1. The Morgan fingerprint density at radius 3 is 2.48 bits per heavy atom. The lowest BCUT2D eigenvalue weighted by atomic mass is 10.2. The number of carboxylic acids is 1. The molecule has 2 aromatic rings. The summed E-state index contributed by atoms with van der Waals surface area (Å²) in [5, 5.41) is 10.4. The largest absolute Gasteiger partial charge is 0.546 e. The Morgan fingerprint density at radius 1 is 1.16 bits per heavy atom. The van der Waals surface area contributed by atoms with Crippen molar-refractivity contribution in [2.45, 2.75) is 0 Å². The van der Waals surface area contributed by atoms with E-state index in [9.17, 15) is 14.7 Å². The molecule has 0 fully saturated rings. The molecule has 1 aliphatic rings. The number of aliphatic imine (C=N–C) groups is 1. The Bertz CT molecular complexity index is 869. The first-order valence-corrected chi connectivity index (χ1v) is 8.02. The van der Waals surface area contributed by atoms with Gasteiger partial charge in [-0.3, -0.25) is 0 Å². The summed E-state index contributed by atoms with van der Waals surface area (Å²) in [6.45, 7) is -0.520. The number of hydrogen-bond acceptors (Lipinski definition) is 6. The maximum atomic E-state index is 12.0. The van der Waals surface area contributed by atoms with Gasteiger partial charge in [-0.25, -0.2) is 9.79 Å². The minimum atomic E-state index is -1.30. The van der Waals surface area contributed by atoms with Crippen LogP contribution in [0.5, 0.6) is 5.75 Å². The van der Waals surface area contributed by atoms with E-state index in [2.05, 4.69) is 20.9 Å². The highest BCUT2D eigenvalue weighted by Crippen LogP contribution is 2.21. The fourth-order valence-corrected chi connectivity index (χ4v) is 2.35. The van der Waals surface area contributed by atoms with Crippen LogP contribution in [0.4, 0.5) is 0 Å². The normalized spacial score (nSPS) is 15.0. The van der Waals surface area contributed by atoms with Crippen LogP contribution in [0.25, 0.3) is 6.08 Å². The molecule has 1 heterocycles. The van der Waals surface area contributed by atoms with Crippen LogP contribution in [0.2, 0.25) is 0 Å². The quantitative estimate of drug-likeness (QED) is 0.565. The fraction of sp³-hybridized carbons (Fsp3) is 0.0556. The zero-order chi connectivity index (χ0) is 17.8. The number of ether oxygens (including phenoxy) is 2. The average molecular weight is 401 g/mol. The van der Waals surface area contributed by atoms with E-state index >= 15 is 0 Å². The number of hydrogen-bond donors (Lipinski definition) is 0. The topological polar surface area (TPSA) is 88.0 Å². The Kier molecular flexibility index (Phi) is 4.95. The number of carbonyl (C=O) groups excluding carboxylic acids is 2. The molecule has 7 heteroatoms. The van der Waals surface area contributed by atoms with E-state index in [1.807, 2.05) is 12.1 Å². The van der Waals surface area contributed by atoms with Crippen LogP contribution in [-0.4, -0.2) is 24.4 Å². The summed E-state index contributed by atoms with van der Waals surface area (Å²) in [6, 6.07) is 13.8. The van der Waals surface area contributed by atoms with Crippen molar-refractivity contribution in [2.75, 3.05) is 6.61 Å². The zero-order valence-electron chi connectivity index (χ0n) is 12.8. The number of carboxylic acid groups (broad SMARTS) is 1. The molecule has 0 atom stereocenters. The lowest BCUT2D eigenvalue weighted by Crippen LogP contribution is -2.28. The first-order valence-electron chi connectivity index (χ1n) is 7.22. The molecule has 2 aromatic carbocycles. The van der Waals surface area contributed by atoms with Gasteiger partial charge < -0.3 is 19.4 Å². The molecule has 0 spiro atoms. The minimum absolute atomic E-state index is 0.182. The van der Waals surface area contributed by atoms with Crippen molar-refractivity contribution in [1.82, 2.24) is 0 Å². The summed E-state index contributed by atoms with van der Waals surface area (Å²) < 4.78 is 11.1. The van der Waals surface area contributed by atoms with Crippen LogP contribution in [0, 0.1) is 0 Å². The lowest BCUT2D eigenvalue weighted by molar-refractivity contribution is -0.307. The molecule has 0 aromatic heterocycles. The Labute approximate surface area is 151 Å². The summed E-state index contributed by atoms with van der Waals surface area (Å²) in [7, 11) is 0. The summed E-state index contributed by atoms with van der Waals surface area (Å²) >= 11 is 3.34. The van der Waals surface area contributed by atoms with Gasteiger partial charge in [0.25, 0.3) is 0 Å². The molecule has 0 radical (unpaired) electrons. The molecule has 126 valence electrons. The molecule has 0 saturated carbocycles. The maximum absolute atomic E-state index is 12.0. The maximum Gasteiger partial charge on any atom is 0.363 e. The van der Waals surface area contributed by atoms with Crippen LogP contribution in [0.15, 0.2) is 63.7 Å². The first kappa shape index (κ1) is 16.9. The fourth-order valence-electron chi connectivity index (χ4n) is 2.09. The molecule has 25 heavy (non-hydrogen) atoms. The van der Waals surface area contributed by atoms with E-state index in [0.29, 0.717) is 16.9 Å². The monoisotopic (exact) mass is 400 g/mol. The van der Waals surface area contributed by atoms with Gasteiger partial charge in [0.1, 0.15) is 12.4 Å². The molecule has 0 unspecified atom stereocenters. The first-order chi connectivity index (χ1) is 12.0. The van der Waals surface area contributed by atoms with Crippen LogP contribution in [-0.2, 0) is 14.3 Å². The third-order valence-electron chi connectivity index (χ3n) is 3.25. The van der Waals surface area contributed by atoms with Gasteiger partial charge in [-0.2, -0.15) is 0 Å². The van der Waals surface area contributed by atoms with Crippen LogP contribution < -0.4 is 9.84 Å². The standard InChI is InChI=1S/C18H12BrNO5/c19-13-5-3-12(4-6-13)17-20-15(18(23)25-17)9-11-1-7-14(8-2-11)24-10-16(21)22/h1-9H,10H2,(H,21,22)/p-1/b15-9-. The third-order valence-corrected chi connectivity index (χ3v) is 3.78. The molecular weight excluding hydrogens is 390 g/mol. The Morgan fingerprint density at radius 2 is 1.84 bits per heavy atom. The van der Waals surface area contributed by atoms with Gasteiger partial charge in [-0.05, 0) is 48.0 Å². The minimum Gasteiger partial charge on any atom is -0.546 e. The van der Waals surface area contributed by atoms with Gasteiger partial charge in [0.2, 0.25) is 5.90 Å². The highest BCUT2D eigenvalue weighted by atomic mass is 79.9. The van der Waals surface area contributed by atoms with E-state index in [1.165, 1.54) is 0 Å². The molecule has 0 amide bonds. The van der Waals surface area contributed by atoms with E-state index in [0.717, 1.165) is 4.47 Å². The molecule has 0 aliphatic carbocycles. The number of benzene rings is 2. The predicted molar refractivity (Wildman–Crippen MR) is 91.7 cm³/mol. The van der Waals surface area contributed by atoms with Gasteiger partial charge in [0.15, 0.2) is 5.70 Å². The number of cyclic esters (lactones) is 1. The van der Waals surface area contributed by atoms with Crippen molar-refractivity contribution in [3.05, 3.63) is 69.8 Å². The third kappa shape index (κ3) is 4.33. The lowest BCUT2D eigenvalue weighted by Gasteiger charge is -2.06. The van der Waals surface area contributed by atoms with E-state index in [-0.39, 0.29) is 11.6 Å². The second-order valence-corrected chi connectivity index (χ2v) is 5.99. The number of rotatable bonds is 5. The highest BCUT2D eigenvalue weighted by molar-refractivity contribution is 9.10. The van der Waals surface area contributed by atoms with E-state index in [1.54, 1.807) is 42.5 Å². The van der Waals surface area contributed by atoms with Crippen molar-refractivity contribution in [2.24, 2.45) is 4.99 Å². The van der Waals surface area contributed by atoms with Crippen molar-refractivity contribution in [3.8, 4) is 5.75 Å². The summed E-state index contributed by atoms with van der Waals surface area (Å²) in [5.41, 5.74) is 1.58. The smallest absolute Gasteiger partial charge is 0.363 e. The van der Waals surface area contributed by atoms with E-state index in [4.69, 9.17) is 9.47 Å². The number of halogens is 1. The molecule has 1 aliphatic heterocycles. The predicted octanol–water partition coefficient (Wildman–Crippen LogP) is 1.92. The molecular formula is C18H11BrNO5-. The van der Waals surface area contributed by atoms with Crippen molar-refractivity contribution in [3.63, 3.8) is 0 Å². The van der Waals surface area contributed by atoms with Gasteiger partial charge in [0.05, 0.1) is 5.97 Å². The number of nitrogens with zero attached hydrogens (tertiary/aromatic N) is 1. The Balaban J connectivity index is 1.77. The van der Waals surface area contributed by atoms with Gasteiger partial charge in [-0.15, -0.1) is 0 Å². The second kappa shape index (κ2) is 7.31. The molecule has 0 bridgehead atoms. The van der Waals surface area contributed by atoms with Crippen LogP contribution >= 0.6 is 15.9 Å². The number of aliphatic carboxylic acids is 1. The molecule has 3 rings (SSSR count). The van der Waals surface area contributed by atoms with Crippen molar-refractivity contribution >= 4 is 39.8 Å². The zero-order valence-corrected chi connectivity index (χ0v) is 14.4. The Hall–Kier alpha value is -2.93. The average Bonchev–Trinajstić information content (AvgIpc) is 2.95.